The molecule has 0 amide bonds. The van der Waals surface area contributed by atoms with Crippen LogP contribution in [0.25, 0.3) is 0 Å². The van der Waals surface area contributed by atoms with Gasteiger partial charge in [-0.1, -0.05) is 6.07 Å². The molecular weight excluding hydrogens is 278 g/mol. The van der Waals surface area contributed by atoms with Crippen molar-refractivity contribution in [1.82, 2.24) is 4.98 Å². The highest BCUT2D eigenvalue weighted by atomic mass is 32.1. The normalized spacial score (nSPS) is 10.3. The fourth-order valence-corrected chi connectivity index (χ4v) is 2.77. The number of ketones is 1. The molecule has 0 saturated heterocycles. The Hall–Kier alpha value is -2.28. The van der Waals surface area contributed by atoms with Gasteiger partial charge < -0.3 is 4.90 Å². The van der Waals surface area contributed by atoms with E-state index < -0.39 is 4.92 Å². The Morgan fingerprint density at radius 3 is 2.85 bits per heavy atom. The topological polar surface area (TPSA) is 76.3 Å². The Labute approximate surface area is 119 Å². The second-order valence-corrected chi connectivity index (χ2v) is 5.36. The maximum absolute atomic E-state index is 11.4. The lowest BCUT2D eigenvalue weighted by Crippen LogP contribution is -2.16. The lowest BCUT2D eigenvalue weighted by molar-refractivity contribution is -0.383. The molecule has 0 bridgehead atoms. The van der Waals surface area contributed by atoms with Gasteiger partial charge in [0.05, 0.1) is 9.80 Å². The first kappa shape index (κ1) is 14.1. The first-order valence-electron chi connectivity index (χ1n) is 5.88. The number of hydrogen-bond donors (Lipinski definition) is 0. The van der Waals surface area contributed by atoms with Gasteiger partial charge in [-0.3, -0.25) is 19.9 Å². The van der Waals surface area contributed by atoms with Gasteiger partial charge in [-0.25, -0.2) is 0 Å². The number of pyridine rings is 1. The minimum atomic E-state index is -0.460. The molecule has 0 unspecified atom stereocenters. The highest BCUT2D eigenvalue weighted by Gasteiger charge is 2.23. The molecule has 0 aliphatic rings. The second kappa shape index (κ2) is 5.79. The average molecular weight is 291 g/mol. The summed E-state index contributed by atoms with van der Waals surface area (Å²) in [6.07, 6.45) is 3.38. The summed E-state index contributed by atoms with van der Waals surface area (Å²) in [6, 6.07) is 5.05. The summed E-state index contributed by atoms with van der Waals surface area (Å²) in [4.78, 5) is 28.2. The van der Waals surface area contributed by atoms with Gasteiger partial charge in [-0.2, -0.15) is 0 Å². The third-order valence-corrected chi connectivity index (χ3v) is 4.07. The van der Waals surface area contributed by atoms with Gasteiger partial charge in [-0.05, 0) is 18.6 Å². The van der Waals surface area contributed by atoms with Crippen LogP contribution in [-0.4, -0.2) is 22.7 Å². The summed E-state index contributed by atoms with van der Waals surface area (Å²) in [6.45, 7) is 1.90. The Kier molecular flexibility index (Phi) is 4.09. The molecule has 0 saturated carbocycles. The zero-order valence-corrected chi connectivity index (χ0v) is 11.9. The van der Waals surface area contributed by atoms with E-state index in [0.717, 1.165) is 16.9 Å². The van der Waals surface area contributed by atoms with Gasteiger partial charge in [0, 0.05) is 32.1 Å². The van der Waals surface area contributed by atoms with Gasteiger partial charge in [0.15, 0.2) is 10.8 Å². The van der Waals surface area contributed by atoms with Crippen LogP contribution in [0.1, 0.15) is 22.2 Å². The van der Waals surface area contributed by atoms with Crippen molar-refractivity contribution >= 4 is 27.8 Å². The van der Waals surface area contributed by atoms with Crippen molar-refractivity contribution in [3.8, 4) is 0 Å². The number of rotatable bonds is 5. The lowest BCUT2D eigenvalue weighted by Gasteiger charge is -2.16. The van der Waals surface area contributed by atoms with Crippen molar-refractivity contribution in [2.45, 2.75) is 13.5 Å². The van der Waals surface area contributed by atoms with E-state index in [-0.39, 0.29) is 11.5 Å². The van der Waals surface area contributed by atoms with Crippen LogP contribution in [0.15, 0.2) is 30.6 Å². The van der Waals surface area contributed by atoms with E-state index in [2.05, 4.69) is 4.98 Å². The molecule has 0 aromatic carbocycles. The van der Waals surface area contributed by atoms with Crippen molar-refractivity contribution in [2.24, 2.45) is 0 Å². The zero-order chi connectivity index (χ0) is 14.7. The molecule has 0 aliphatic carbocycles. The summed E-state index contributed by atoms with van der Waals surface area (Å²) in [7, 11) is 1.76. The Bertz CT molecular complexity index is 640. The highest BCUT2D eigenvalue weighted by Crippen LogP contribution is 2.37. The summed E-state index contributed by atoms with van der Waals surface area (Å²) in [5, 5.41) is 11.6. The molecule has 104 valence electrons. The van der Waals surface area contributed by atoms with Crippen molar-refractivity contribution in [2.75, 3.05) is 11.9 Å². The summed E-state index contributed by atoms with van der Waals surface area (Å²) < 4.78 is 0. The number of carbonyl (C=O) groups is 1. The second-order valence-electron chi connectivity index (χ2n) is 4.33. The van der Waals surface area contributed by atoms with Crippen molar-refractivity contribution in [3.63, 3.8) is 0 Å². The average Bonchev–Trinajstić information content (AvgIpc) is 2.85. The largest absolute Gasteiger partial charge is 0.356 e. The minimum absolute atomic E-state index is 0.0356. The quantitative estimate of drug-likeness (QED) is 0.481. The lowest BCUT2D eigenvalue weighted by atomic mass is 10.2. The van der Waals surface area contributed by atoms with Crippen molar-refractivity contribution < 1.29 is 9.72 Å². The SMILES string of the molecule is CC(=O)c1cc([N+](=O)[O-])c(N(C)Cc2cccnc2)s1. The van der Waals surface area contributed by atoms with E-state index in [1.54, 1.807) is 24.3 Å². The van der Waals surface area contributed by atoms with E-state index in [4.69, 9.17) is 0 Å². The van der Waals surface area contributed by atoms with E-state index in [1.165, 1.54) is 13.0 Å². The Morgan fingerprint density at radius 2 is 2.30 bits per heavy atom. The fourth-order valence-electron chi connectivity index (χ4n) is 1.79. The van der Waals surface area contributed by atoms with Crippen LogP contribution >= 0.6 is 11.3 Å². The molecular formula is C13H13N3O3S. The Balaban J connectivity index is 2.31. The molecule has 0 atom stereocenters. The van der Waals surface area contributed by atoms with Crippen LogP contribution in [0.5, 0.6) is 0 Å². The van der Waals surface area contributed by atoms with Gasteiger partial charge in [0.25, 0.3) is 0 Å². The minimum Gasteiger partial charge on any atom is -0.356 e. The molecule has 2 aromatic heterocycles. The van der Waals surface area contributed by atoms with Crippen LogP contribution in [0, 0.1) is 10.1 Å². The molecule has 2 heterocycles. The van der Waals surface area contributed by atoms with Gasteiger partial charge in [0.2, 0.25) is 0 Å². The van der Waals surface area contributed by atoms with Crippen molar-refractivity contribution in [3.05, 3.63) is 51.1 Å². The monoisotopic (exact) mass is 291 g/mol. The van der Waals surface area contributed by atoms with E-state index in [1.807, 2.05) is 12.1 Å². The van der Waals surface area contributed by atoms with Crippen LogP contribution < -0.4 is 4.90 Å². The maximum Gasteiger partial charge on any atom is 0.304 e. The maximum atomic E-state index is 11.4. The molecule has 0 fully saturated rings. The highest BCUT2D eigenvalue weighted by molar-refractivity contribution is 7.18. The number of thiophene rings is 1. The summed E-state index contributed by atoms with van der Waals surface area (Å²) >= 11 is 1.14. The molecule has 7 heteroatoms. The Morgan fingerprint density at radius 1 is 1.55 bits per heavy atom. The predicted molar refractivity (Wildman–Crippen MR) is 77.3 cm³/mol. The molecule has 0 radical (unpaired) electrons. The number of nitro groups is 1. The first-order valence-corrected chi connectivity index (χ1v) is 6.70. The van der Waals surface area contributed by atoms with Gasteiger partial charge in [-0.15, -0.1) is 11.3 Å². The van der Waals surface area contributed by atoms with E-state index in [9.17, 15) is 14.9 Å². The third-order valence-electron chi connectivity index (χ3n) is 2.73. The van der Waals surface area contributed by atoms with Crippen LogP contribution in [-0.2, 0) is 6.54 Å². The standard InChI is InChI=1S/C13H13N3O3S/c1-9(17)12-6-11(16(18)19)13(20-12)15(2)8-10-4-3-5-14-7-10/h3-7H,8H2,1-2H3. The van der Waals surface area contributed by atoms with E-state index in [0.29, 0.717) is 16.4 Å². The molecule has 0 aliphatic heterocycles. The molecule has 2 rings (SSSR count). The molecule has 2 aromatic rings. The smallest absolute Gasteiger partial charge is 0.304 e. The zero-order valence-electron chi connectivity index (χ0n) is 11.1. The third kappa shape index (κ3) is 3.00. The van der Waals surface area contributed by atoms with Gasteiger partial charge in [0.1, 0.15) is 0 Å². The predicted octanol–water partition coefficient (Wildman–Crippen LogP) is 2.89. The van der Waals surface area contributed by atoms with Gasteiger partial charge >= 0.3 is 5.69 Å². The molecule has 0 N–H and O–H groups in total. The number of anilines is 1. The number of aromatic nitrogens is 1. The van der Waals surface area contributed by atoms with Crippen LogP contribution in [0.4, 0.5) is 10.7 Å². The number of carbonyl (C=O) groups excluding carboxylic acids is 1. The first-order chi connectivity index (χ1) is 9.49. The molecule has 20 heavy (non-hydrogen) atoms. The van der Waals surface area contributed by atoms with Crippen molar-refractivity contribution in [1.29, 1.82) is 0 Å². The number of Topliss-reactive ketones (excluding diaryl/α,β-unsaturated/α-hetero) is 1. The molecule has 6 nitrogen and oxygen atoms in total. The van der Waals surface area contributed by atoms with Crippen LogP contribution in [0.2, 0.25) is 0 Å². The molecule has 0 spiro atoms. The summed E-state index contributed by atoms with van der Waals surface area (Å²) in [5.74, 6) is -0.167. The number of hydrogen-bond acceptors (Lipinski definition) is 6. The van der Waals surface area contributed by atoms with E-state index >= 15 is 0 Å². The summed E-state index contributed by atoms with van der Waals surface area (Å²) in [5.41, 5.74) is 0.911. The fraction of sp³-hybridized carbons (Fsp3) is 0.231. The number of nitrogens with zero attached hydrogens (tertiary/aromatic N) is 3. The van der Waals surface area contributed by atoms with Crippen LogP contribution in [0.3, 0.4) is 0 Å².